The fourth-order valence-electron chi connectivity index (χ4n) is 2.80. The van der Waals surface area contributed by atoms with Crippen molar-refractivity contribution in [1.82, 2.24) is 15.5 Å². The number of benzene rings is 1. The van der Waals surface area contributed by atoms with E-state index < -0.39 is 0 Å². The number of hydrogen-bond donors (Lipinski definition) is 2. The number of nitrogens with one attached hydrogen (secondary N) is 1. The van der Waals surface area contributed by atoms with Crippen molar-refractivity contribution in [2.24, 2.45) is 5.41 Å². The van der Waals surface area contributed by atoms with Gasteiger partial charge in [0.2, 0.25) is 11.7 Å². The molecule has 1 heterocycles. The first kappa shape index (κ1) is 17.6. The Morgan fingerprint density at radius 2 is 2.12 bits per heavy atom. The molecular weight excluding hydrogens is 318 g/mol. The number of aliphatic hydroxyl groups is 1. The van der Waals surface area contributed by atoms with E-state index >= 15 is 0 Å². The van der Waals surface area contributed by atoms with Crippen LogP contribution in [0.1, 0.15) is 61.7 Å². The summed E-state index contributed by atoms with van der Waals surface area (Å²) in [6, 6.07) is 7.22. The van der Waals surface area contributed by atoms with Crippen molar-refractivity contribution >= 4 is 5.91 Å². The molecule has 0 bridgehead atoms. The zero-order valence-electron chi connectivity index (χ0n) is 14.8. The third-order valence-electron chi connectivity index (χ3n) is 5.21. The smallest absolute Gasteiger partial charge is 0.251 e. The van der Waals surface area contributed by atoms with E-state index in [1.54, 1.807) is 12.1 Å². The summed E-state index contributed by atoms with van der Waals surface area (Å²) in [5.74, 6) is 1.45. The number of rotatable bonds is 8. The Morgan fingerprint density at radius 3 is 2.76 bits per heavy atom. The topological polar surface area (TPSA) is 88.2 Å². The summed E-state index contributed by atoms with van der Waals surface area (Å²) < 4.78 is 5.29. The standard InChI is InChI=1S/C19H25N3O3/c1-3-19(4-2,12-23)11-20-17(24)15-7-5-6-14(10-15)16-21-18(25-22-16)13-8-9-13/h5-7,10,13,23H,3-4,8-9,11-12H2,1-2H3,(H,20,24). The monoisotopic (exact) mass is 343 g/mol. The van der Waals surface area contributed by atoms with Crippen LogP contribution in [0.5, 0.6) is 0 Å². The van der Waals surface area contributed by atoms with Crippen LogP contribution in [0.25, 0.3) is 11.4 Å². The Bertz CT molecular complexity index is 725. The molecule has 0 spiro atoms. The third-order valence-corrected chi connectivity index (χ3v) is 5.21. The largest absolute Gasteiger partial charge is 0.396 e. The van der Waals surface area contributed by atoms with E-state index in [0.717, 1.165) is 31.2 Å². The van der Waals surface area contributed by atoms with Crippen LogP contribution in [0.2, 0.25) is 0 Å². The van der Waals surface area contributed by atoms with Crippen molar-refractivity contribution in [2.75, 3.05) is 13.2 Å². The lowest BCUT2D eigenvalue weighted by atomic mass is 9.83. The number of amides is 1. The van der Waals surface area contributed by atoms with Gasteiger partial charge in [-0.1, -0.05) is 31.1 Å². The van der Waals surface area contributed by atoms with Gasteiger partial charge in [0.05, 0.1) is 6.61 Å². The van der Waals surface area contributed by atoms with Crippen molar-refractivity contribution in [3.05, 3.63) is 35.7 Å². The molecule has 1 amide bonds. The summed E-state index contributed by atoms with van der Waals surface area (Å²) in [7, 11) is 0. The second-order valence-electron chi connectivity index (χ2n) is 6.86. The lowest BCUT2D eigenvalue weighted by molar-refractivity contribution is 0.0851. The summed E-state index contributed by atoms with van der Waals surface area (Å²) in [6.07, 6.45) is 3.83. The van der Waals surface area contributed by atoms with E-state index in [2.05, 4.69) is 15.5 Å². The van der Waals surface area contributed by atoms with Crippen LogP contribution in [0.4, 0.5) is 0 Å². The molecule has 3 rings (SSSR count). The molecule has 1 aliphatic carbocycles. The van der Waals surface area contributed by atoms with E-state index in [9.17, 15) is 9.90 Å². The Morgan fingerprint density at radius 1 is 1.36 bits per heavy atom. The Kier molecular flexibility index (Phi) is 5.18. The number of hydrogen-bond acceptors (Lipinski definition) is 5. The fourth-order valence-corrected chi connectivity index (χ4v) is 2.80. The van der Waals surface area contributed by atoms with Crippen LogP contribution >= 0.6 is 0 Å². The first-order valence-corrected chi connectivity index (χ1v) is 8.94. The number of carbonyl (C=O) groups is 1. The van der Waals surface area contributed by atoms with Gasteiger partial charge in [0.1, 0.15) is 0 Å². The van der Waals surface area contributed by atoms with Gasteiger partial charge in [-0.15, -0.1) is 0 Å². The molecule has 6 heteroatoms. The van der Waals surface area contributed by atoms with Crippen molar-refractivity contribution < 1.29 is 14.4 Å². The number of nitrogens with zero attached hydrogens (tertiary/aromatic N) is 2. The van der Waals surface area contributed by atoms with Crippen LogP contribution < -0.4 is 5.32 Å². The van der Waals surface area contributed by atoms with Gasteiger partial charge >= 0.3 is 0 Å². The molecular formula is C19H25N3O3. The van der Waals surface area contributed by atoms with Gasteiger partial charge in [-0.05, 0) is 37.8 Å². The molecule has 1 aromatic heterocycles. The maximum Gasteiger partial charge on any atom is 0.251 e. The first-order valence-electron chi connectivity index (χ1n) is 8.94. The number of aromatic nitrogens is 2. The maximum absolute atomic E-state index is 12.5. The van der Waals surface area contributed by atoms with E-state index in [1.807, 2.05) is 26.0 Å². The van der Waals surface area contributed by atoms with E-state index in [0.29, 0.717) is 29.7 Å². The molecule has 2 N–H and O–H groups in total. The molecule has 0 aliphatic heterocycles. The van der Waals surface area contributed by atoms with Crippen LogP contribution in [-0.2, 0) is 0 Å². The molecule has 1 saturated carbocycles. The summed E-state index contributed by atoms with van der Waals surface area (Å²) in [5.41, 5.74) is 1.05. The molecule has 0 atom stereocenters. The average molecular weight is 343 g/mol. The number of carbonyl (C=O) groups excluding carboxylic acids is 1. The van der Waals surface area contributed by atoms with Crippen LogP contribution in [0.15, 0.2) is 28.8 Å². The first-order chi connectivity index (χ1) is 12.1. The van der Waals surface area contributed by atoms with Crippen molar-refractivity contribution in [3.8, 4) is 11.4 Å². The van der Waals surface area contributed by atoms with E-state index in [1.165, 1.54) is 0 Å². The van der Waals surface area contributed by atoms with Gasteiger partial charge in [-0.3, -0.25) is 4.79 Å². The SMILES string of the molecule is CCC(CC)(CO)CNC(=O)c1cccc(-c2noc(C3CC3)n2)c1. The highest BCUT2D eigenvalue weighted by molar-refractivity contribution is 5.95. The molecule has 1 aliphatic rings. The predicted molar refractivity (Wildman–Crippen MR) is 94.1 cm³/mol. The van der Waals surface area contributed by atoms with Gasteiger partial charge in [0, 0.05) is 29.0 Å². The zero-order valence-corrected chi connectivity index (χ0v) is 14.8. The molecule has 25 heavy (non-hydrogen) atoms. The fraction of sp³-hybridized carbons (Fsp3) is 0.526. The molecule has 1 aromatic carbocycles. The lowest BCUT2D eigenvalue weighted by Gasteiger charge is -2.29. The minimum Gasteiger partial charge on any atom is -0.396 e. The quantitative estimate of drug-likeness (QED) is 0.769. The van der Waals surface area contributed by atoms with Crippen LogP contribution in [0, 0.1) is 5.41 Å². The lowest BCUT2D eigenvalue weighted by Crippen LogP contribution is -2.39. The summed E-state index contributed by atoms with van der Waals surface area (Å²) in [4.78, 5) is 16.9. The Hall–Kier alpha value is -2.21. The van der Waals surface area contributed by atoms with E-state index in [-0.39, 0.29) is 17.9 Å². The minimum absolute atomic E-state index is 0.0626. The highest BCUT2D eigenvalue weighted by Gasteiger charge is 2.30. The highest BCUT2D eigenvalue weighted by Crippen LogP contribution is 2.39. The maximum atomic E-state index is 12.5. The van der Waals surface area contributed by atoms with Crippen LogP contribution in [0.3, 0.4) is 0 Å². The molecule has 6 nitrogen and oxygen atoms in total. The van der Waals surface area contributed by atoms with Gasteiger partial charge in [0.15, 0.2) is 0 Å². The Labute approximate surface area is 147 Å². The minimum atomic E-state index is -0.264. The molecule has 0 saturated heterocycles. The summed E-state index contributed by atoms with van der Waals surface area (Å²) in [6.45, 7) is 4.57. The Balaban J connectivity index is 1.70. The second kappa shape index (κ2) is 7.35. The molecule has 2 aromatic rings. The van der Waals surface area contributed by atoms with Gasteiger partial charge in [-0.2, -0.15) is 4.98 Å². The third kappa shape index (κ3) is 3.90. The highest BCUT2D eigenvalue weighted by atomic mass is 16.5. The normalized spacial score (nSPS) is 14.5. The predicted octanol–water partition coefficient (Wildman–Crippen LogP) is 3.14. The number of aliphatic hydroxyl groups excluding tert-OH is 1. The summed E-state index contributed by atoms with van der Waals surface area (Å²) >= 11 is 0. The molecule has 0 radical (unpaired) electrons. The van der Waals surface area contributed by atoms with Crippen molar-refractivity contribution in [2.45, 2.75) is 45.4 Å². The van der Waals surface area contributed by atoms with Gasteiger partial charge in [0.25, 0.3) is 5.91 Å². The van der Waals surface area contributed by atoms with E-state index in [4.69, 9.17) is 4.52 Å². The van der Waals surface area contributed by atoms with Crippen LogP contribution in [-0.4, -0.2) is 34.3 Å². The van der Waals surface area contributed by atoms with Gasteiger partial charge in [-0.25, -0.2) is 0 Å². The van der Waals surface area contributed by atoms with Crippen molar-refractivity contribution in [1.29, 1.82) is 0 Å². The molecule has 1 fully saturated rings. The summed E-state index contributed by atoms with van der Waals surface area (Å²) in [5, 5.41) is 16.6. The molecule has 0 unspecified atom stereocenters. The van der Waals surface area contributed by atoms with Gasteiger partial charge < -0.3 is 14.9 Å². The second-order valence-corrected chi connectivity index (χ2v) is 6.86. The molecule has 134 valence electrons. The van der Waals surface area contributed by atoms with Crippen molar-refractivity contribution in [3.63, 3.8) is 0 Å². The average Bonchev–Trinajstić information content (AvgIpc) is 3.40. The zero-order chi connectivity index (χ0) is 17.9.